The first-order valence-corrected chi connectivity index (χ1v) is 9.33. The van der Waals surface area contributed by atoms with E-state index < -0.39 is 0 Å². The molecular formula is C18H18N2OSe. The predicted octanol–water partition coefficient (Wildman–Crippen LogP) is 3.43. The van der Waals surface area contributed by atoms with Crippen molar-refractivity contribution in [1.82, 2.24) is 4.98 Å². The molecule has 22 heavy (non-hydrogen) atoms. The van der Waals surface area contributed by atoms with E-state index in [1.165, 1.54) is 38.4 Å². The van der Waals surface area contributed by atoms with Gasteiger partial charge in [-0.2, -0.15) is 0 Å². The van der Waals surface area contributed by atoms with Crippen molar-refractivity contribution in [2.75, 3.05) is 12.8 Å². The maximum absolute atomic E-state index is 6.46. The summed E-state index contributed by atoms with van der Waals surface area (Å²) in [6.07, 6.45) is 4.64. The number of hydrogen-bond acceptors (Lipinski definition) is 3. The van der Waals surface area contributed by atoms with E-state index >= 15 is 0 Å². The second-order valence-electron chi connectivity index (χ2n) is 5.71. The Labute approximate surface area is 135 Å². The Kier molecular flexibility index (Phi) is 3.44. The van der Waals surface area contributed by atoms with Crippen molar-refractivity contribution in [1.29, 1.82) is 0 Å². The molecule has 1 aliphatic carbocycles. The third-order valence-corrected chi connectivity index (χ3v) is 6.88. The van der Waals surface area contributed by atoms with Gasteiger partial charge in [0.1, 0.15) is 0 Å². The molecule has 0 bridgehead atoms. The van der Waals surface area contributed by atoms with Gasteiger partial charge in [-0.1, -0.05) is 0 Å². The summed E-state index contributed by atoms with van der Waals surface area (Å²) in [4.78, 5) is 4.90. The van der Waals surface area contributed by atoms with Crippen molar-refractivity contribution >= 4 is 30.0 Å². The number of aromatic nitrogens is 1. The summed E-state index contributed by atoms with van der Waals surface area (Å²) in [5.74, 6) is 0.889. The van der Waals surface area contributed by atoms with Gasteiger partial charge in [-0.3, -0.25) is 0 Å². The Morgan fingerprint density at radius 1 is 1.14 bits per heavy atom. The SMILES string of the molecule is COc1ccc(-c2cc3nc4c(c(N)c3[se]2)CCCC4)cc1. The first kappa shape index (κ1) is 13.9. The van der Waals surface area contributed by atoms with Crippen LogP contribution in [0.3, 0.4) is 0 Å². The summed E-state index contributed by atoms with van der Waals surface area (Å²) >= 11 is 0.244. The molecule has 2 heterocycles. The van der Waals surface area contributed by atoms with Gasteiger partial charge in [0.05, 0.1) is 0 Å². The number of anilines is 1. The third-order valence-electron chi connectivity index (χ3n) is 4.35. The van der Waals surface area contributed by atoms with E-state index in [2.05, 4.69) is 18.2 Å². The maximum atomic E-state index is 6.46. The van der Waals surface area contributed by atoms with Crippen molar-refractivity contribution in [2.24, 2.45) is 0 Å². The first-order chi connectivity index (χ1) is 10.8. The van der Waals surface area contributed by atoms with E-state index in [-0.39, 0.29) is 14.5 Å². The number of benzene rings is 1. The molecule has 1 aliphatic rings. The Balaban J connectivity index is 1.84. The molecule has 3 aromatic rings. The normalized spacial score (nSPS) is 14.0. The molecule has 0 atom stereocenters. The van der Waals surface area contributed by atoms with Gasteiger partial charge in [0.25, 0.3) is 0 Å². The molecule has 0 fully saturated rings. The van der Waals surface area contributed by atoms with Gasteiger partial charge in [0, 0.05) is 0 Å². The molecule has 0 saturated heterocycles. The van der Waals surface area contributed by atoms with E-state index in [9.17, 15) is 0 Å². The number of fused-ring (bicyclic) bond motifs is 2. The summed E-state index contributed by atoms with van der Waals surface area (Å²) in [5.41, 5.74) is 12.4. The van der Waals surface area contributed by atoms with Gasteiger partial charge in [-0.15, -0.1) is 0 Å². The van der Waals surface area contributed by atoms with Gasteiger partial charge < -0.3 is 0 Å². The number of pyridine rings is 1. The van der Waals surface area contributed by atoms with Crippen molar-refractivity contribution in [3.63, 3.8) is 0 Å². The standard InChI is InChI=1S/C18H18N2OSe/c1-21-12-8-6-11(7-9-12)16-10-15-18(22-16)17(19)13-4-2-3-5-14(13)20-15/h6-10H,2-5H2,1H3,(H2,19,20). The fraction of sp³-hybridized carbons (Fsp3) is 0.278. The second kappa shape index (κ2) is 5.45. The van der Waals surface area contributed by atoms with E-state index in [0.29, 0.717) is 0 Å². The predicted molar refractivity (Wildman–Crippen MR) is 91.7 cm³/mol. The third kappa shape index (κ3) is 2.23. The van der Waals surface area contributed by atoms with Crippen molar-refractivity contribution in [3.05, 3.63) is 41.6 Å². The van der Waals surface area contributed by atoms with Crippen molar-refractivity contribution in [3.8, 4) is 15.8 Å². The molecule has 2 N–H and O–H groups in total. The van der Waals surface area contributed by atoms with Gasteiger partial charge in [-0.05, 0) is 0 Å². The number of rotatable bonds is 2. The fourth-order valence-corrected chi connectivity index (χ4v) is 5.42. The molecule has 0 spiro atoms. The van der Waals surface area contributed by atoms with Crippen LogP contribution in [-0.2, 0) is 12.8 Å². The summed E-state index contributed by atoms with van der Waals surface area (Å²) in [5, 5.41) is 0. The van der Waals surface area contributed by atoms with Gasteiger partial charge in [-0.25, -0.2) is 0 Å². The van der Waals surface area contributed by atoms with Gasteiger partial charge in [0.2, 0.25) is 0 Å². The number of methoxy groups -OCH3 is 1. The second-order valence-corrected chi connectivity index (χ2v) is 7.92. The Hall–Kier alpha value is -1.77. The minimum absolute atomic E-state index is 0.244. The summed E-state index contributed by atoms with van der Waals surface area (Å²) < 4.78 is 7.86. The first-order valence-electron chi connectivity index (χ1n) is 7.61. The molecular weight excluding hydrogens is 339 g/mol. The molecule has 0 radical (unpaired) electrons. The molecule has 112 valence electrons. The molecule has 3 nitrogen and oxygen atoms in total. The molecule has 0 amide bonds. The van der Waals surface area contributed by atoms with E-state index in [1.807, 2.05) is 12.1 Å². The average Bonchev–Trinajstić information content (AvgIpc) is 2.99. The van der Waals surface area contributed by atoms with Crippen LogP contribution in [0.25, 0.3) is 19.8 Å². The average molecular weight is 357 g/mol. The minimum atomic E-state index is 0.244. The van der Waals surface area contributed by atoms with Crippen LogP contribution in [0.15, 0.2) is 30.3 Å². The Morgan fingerprint density at radius 3 is 2.68 bits per heavy atom. The Bertz CT molecular complexity index is 836. The zero-order chi connectivity index (χ0) is 15.1. The van der Waals surface area contributed by atoms with Crippen LogP contribution >= 0.6 is 0 Å². The van der Waals surface area contributed by atoms with Gasteiger partial charge in [0.15, 0.2) is 0 Å². The van der Waals surface area contributed by atoms with Crippen LogP contribution in [0.1, 0.15) is 24.1 Å². The number of hydrogen-bond donors (Lipinski definition) is 1. The summed E-state index contributed by atoms with van der Waals surface area (Å²) in [6.45, 7) is 0. The summed E-state index contributed by atoms with van der Waals surface area (Å²) in [6, 6.07) is 10.5. The topological polar surface area (TPSA) is 48.1 Å². The van der Waals surface area contributed by atoms with E-state index in [1.54, 1.807) is 7.11 Å². The number of nitrogens with two attached hydrogens (primary N) is 1. The number of nitrogen functional groups attached to an aromatic ring is 1. The molecule has 4 heteroatoms. The zero-order valence-corrected chi connectivity index (χ0v) is 14.3. The van der Waals surface area contributed by atoms with Crippen LogP contribution in [0, 0.1) is 0 Å². The van der Waals surface area contributed by atoms with E-state index in [4.69, 9.17) is 15.5 Å². The van der Waals surface area contributed by atoms with Gasteiger partial charge >= 0.3 is 136 Å². The van der Waals surface area contributed by atoms with Crippen LogP contribution in [0.4, 0.5) is 5.69 Å². The Morgan fingerprint density at radius 2 is 1.91 bits per heavy atom. The van der Waals surface area contributed by atoms with Crippen LogP contribution in [-0.4, -0.2) is 26.6 Å². The summed E-state index contributed by atoms with van der Waals surface area (Å²) in [7, 11) is 1.69. The monoisotopic (exact) mass is 358 g/mol. The number of ether oxygens (including phenoxy) is 1. The molecule has 4 rings (SSSR count). The van der Waals surface area contributed by atoms with Crippen molar-refractivity contribution < 1.29 is 4.74 Å². The molecule has 0 aliphatic heterocycles. The number of nitrogens with zero attached hydrogens (tertiary/aromatic N) is 1. The zero-order valence-electron chi connectivity index (χ0n) is 12.6. The molecule has 2 aromatic heterocycles. The fourth-order valence-electron chi connectivity index (χ4n) is 3.14. The quantitative estimate of drug-likeness (QED) is 0.715. The van der Waals surface area contributed by atoms with E-state index in [0.717, 1.165) is 29.8 Å². The molecule has 1 aromatic carbocycles. The number of aryl methyl sites for hydroxylation is 1. The van der Waals surface area contributed by atoms with Crippen LogP contribution < -0.4 is 10.5 Å². The van der Waals surface area contributed by atoms with Crippen molar-refractivity contribution in [2.45, 2.75) is 25.7 Å². The van der Waals surface area contributed by atoms with Crippen LogP contribution in [0.2, 0.25) is 0 Å². The molecule has 0 unspecified atom stereocenters. The molecule has 0 saturated carbocycles. The van der Waals surface area contributed by atoms with Crippen LogP contribution in [0.5, 0.6) is 5.75 Å².